The van der Waals surface area contributed by atoms with E-state index >= 15 is 0 Å². The number of fused-ring (bicyclic) bond motifs is 4. The highest BCUT2D eigenvalue weighted by molar-refractivity contribution is 9.11. The second kappa shape index (κ2) is 7.17. The van der Waals surface area contributed by atoms with Crippen LogP contribution in [0, 0.1) is 0 Å². The Morgan fingerprint density at radius 2 is 1.55 bits per heavy atom. The maximum absolute atomic E-state index is 10.8. The van der Waals surface area contributed by atoms with Crippen molar-refractivity contribution >= 4 is 64.2 Å². The van der Waals surface area contributed by atoms with Crippen LogP contribution in [0.3, 0.4) is 0 Å². The molecule has 0 fully saturated rings. The molecular weight excluding hydrogens is 448 g/mol. The zero-order chi connectivity index (χ0) is 20.0. The Kier molecular flexibility index (Phi) is 4.49. The summed E-state index contributed by atoms with van der Waals surface area (Å²) in [6, 6.07) is 24.5. The number of benzene rings is 4. The first kappa shape index (κ1) is 18.2. The summed E-state index contributed by atoms with van der Waals surface area (Å²) in [6.07, 6.45) is 0. The Balaban J connectivity index is 1.81. The number of thiophene rings is 1. The molecule has 0 atom stereocenters. The largest absolute Gasteiger partial charge is 0.482 e. The van der Waals surface area contributed by atoms with E-state index in [-0.39, 0.29) is 6.61 Å². The fourth-order valence-corrected chi connectivity index (χ4v) is 5.71. The van der Waals surface area contributed by atoms with Gasteiger partial charge in [0.05, 0.1) is 4.70 Å². The van der Waals surface area contributed by atoms with Crippen molar-refractivity contribution in [1.29, 1.82) is 0 Å². The first-order chi connectivity index (χ1) is 14.1. The van der Waals surface area contributed by atoms with Crippen molar-refractivity contribution in [3.8, 4) is 16.9 Å². The van der Waals surface area contributed by atoms with Gasteiger partial charge in [0, 0.05) is 19.9 Å². The van der Waals surface area contributed by atoms with E-state index in [0.29, 0.717) is 5.75 Å². The zero-order valence-corrected chi connectivity index (χ0v) is 17.6. The third-order valence-electron chi connectivity index (χ3n) is 4.98. The summed E-state index contributed by atoms with van der Waals surface area (Å²) in [6.45, 7) is -0.347. The van der Waals surface area contributed by atoms with Crippen LogP contribution in [0.1, 0.15) is 0 Å². The molecule has 0 unspecified atom stereocenters. The minimum atomic E-state index is -0.987. The second-order valence-electron chi connectivity index (χ2n) is 6.74. The van der Waals surface area contributed by atoms with Crippen molar-refractivity contribution in [2.75, 3.05) is 6.61 Å². The van der Waals surface area contributed by atoms with Crippen LogP contribution in [0.25, 0.3) is 42.1 Å². The summed E-state index contributed by atoms with van der Waals surface area (Å²) in [4.78, 5) is 10.8. The molecule has 5 rings (SSSR count). The molecule has 0 aliphatic carbocycles. The standard InChI is InChI=1S/C24H15BrO3S/c25-23-17-6-2-1-5-16(17)21(14-9-11-15(12-10-14)28-13-20(26)27)22-18-7-3-4-8-19(18)29-24(22)23/h1-12H,13H2,(H,26,27). The fourth-order valence-electron chi connectivity index (χ4n) is 3.76. The number of hydrogen-bond donors (Lipinski definition) is 1. The SMILES string of the molecule is O=C(O)COc1ccc(-c2c3ccccc3c(Br)c3sc4ccccc4c23)cc1. The highest BCUT2D eigenvalue weighted by Gasteiger charge is 2.18. The van der Waals surface area contributed by atoms with E-state index in [9.17, 15) is 4.79 Å². The molecule has 29 heavy (non-hydrogen) atoms. The average molecular weight is 463 g/mol. The van der Waals surface area contributed by atoms with Crippen LogP contribution >= 0.6 is 27.3 Å². The number of halogens is 1. The normalized spacial score (nSPS) is 11.3. The van der Waals surface area contributed by atoms with Gasteiger partial charge < -0.3 is 9.84 Å². The highest BCUT2D eigenvalue weighted by Crippen LogP contribution is 2.48. The van der Waals surface area contributed by atoms with Gasteiger partial charge in [-0.25, -0.2) is 4.79 Å². The number of carbonyl (C=O) groups is 1. The predicted octanol–water partition coefficient (Wildman–Crippen LogP) is 7.10. The van der Waals surface area contributed by atoms with Crippen LogP contribution in [0.4, 0.5) is 0 Å². The lowest BCUT2D eigenvalue weighted by molar-refractivity contribution is -0.139. The molecule has 0 bridgehead atoms. The Morgan fingerprint density at radius 3 is 2.28 bits per heavy atom. The smallest absolute Gasteiger partial charge is 0.341 e. The van der Waals surface area contributed by atoms with Crippen molar-refractivity contribution in [3.63, 3.8) is 0 Å². The molecule has 4 aromatic carbocycles. The van der Waals surface area contributed by atoms with Crippen molar-refractivity contribution in [2.24, 2.45) is 0 Å². The number of hydrogen-bond acceptors (Lipinski definition) is 3. The molecule has 0 radical (unpaired) electrons. The van der Waals surface area contributed by atoms with Crippen LogP contribution in [0.15, 0.2) is 77.3 Å². The maximum Gasteiger partial charge on any atom is 0.341 e. The zero-order valence-electron chi connectivity index (χ0n) is 15.2. The van der Waals surface area contributed by atoms with Gasteiger partial charge >= 0.3 is 5.97 Å². The van der Waals surface area contributed by atoms with E-state index < -0.39 is 5.97 Å². The number of rotatable bonds is 4. The minimum Gasteiger partial charge on any atom is -0.482 e. The van der Waals surface area contributed by atoms with E-state index in [4.69, 9.17) is 9.84 Å². The molecule has 5 heteroatoms. The van der Waals surface area contributed by atoms with Gasteiger partial charge in [-0.15, -0.1) is 11.3 Å². The molecule has 0 saturated heterocycles. The molecule has 1 heterocycles. The van der Waals surface area contributed by atoms with Crippen molar-refractivity contribution in [2.45, 2.75) is 0 Å². The van der Waals surface area contributed by atoms with Crippen LogP contribution < -0.4 is 4.74 Å². The molecule has 0 spiro atoms. The summed E-state index contributed by atoms with van der Waals surface area (Å²) in [5.74, 6) is -0.441. The summed E-state index contributed by atoms with van der Waals surface area (Å²) in [5, 5.41) is 13.6. The molecule has 1 aromatic heterocycles. The number of carboxylic acid groups (broad SMARTS) is 1. The fraction of sp³-hybridized carbons (Fsp3) is 0.0417. The summed E-state index contributed by atoms with van der Waals surface area (Å²) in [5.41, 5.74) is 2.26. The Hall–Kier alpha value is -2.89. The van der Waals surface area contributed by atoms with E-state index in [1.165, 1.54) is 36.5 Å². The maximum atomic E-state index is 10.8. The lowest BCUT2D eigenvalue weighted by Gasteiger charge is -2.13. The first-order valence-corrected chi connectivity index (χ1v) is 10.7. The number of aliphatic carboxylic acids is 1. The lowest BCUT2D eigenvalue weighted by atomic mass is 9.93. The molecular formula is C24H15BrO3S. The van der Waals surface area contributed by atoms with Crippen LogP contribution in [-0.2, 0) is 4.79 Å². The highest BCUT2D eigenvalue weighted by atomic mass is 79.9. The van der Waals surface area contributed by atoms with Crippen LogP contribution in [-0.4, -0.2) is 17.7 Å². The molecule has 0 aliphatic rings. The van der Waals surface area contributed by atoms with Crippen LogP contribution in [0.5, 0.6) is 5.75 Å². The third-order valence-corrected chi connectivity index (χ3v) is 7.26. The number of ether oxygens (including phenoxy) is 1. The average Bonchev–Trinajstić information content (AvgIpc) is 3.13. The summed E-state index contributed by atoms with van der Waals surface area (Å²) in [7, 11) is 0. The molecule has 1 N–H and O–H groups in total. The van der Waals surface area contributed by atoms with E-state index in [1.807, 2.05) is 24.3 Å². The topological polar surface area (TPSA) is 46.5 Å². The second-order valence-corrected chi connectivity index (χ2v) is 8.59. The Morgan fingerprint density at radius 1 is 0.897 bits per heavy atom. The van der Waals surface area contributed by atoms with Crippen molar-refractivity contribution < 1.29 is 14.6 Å². The Labute approximate surface area is 179 Å². The van der Waals surface area contributed by atoms with Gasteiger partial charge in [-0.3, -0.25) is 0 Å². The quantitative estimate of drug-likeness (QED) is 0.309. The number of carboxylic acids is 1. The monoisotopic (exact) mass is 462 g/mol. The van der Waals surface area contributed by atoms with Crippen molar-refractivity contribution in [3.05, 3.63) is 77.3 Å². The first-order valence-electron chi connectivity index (χ1n) is 9.10. The predicted molar refractivity (Wildman–Crippen MR) is 123 cm³/mol. The molecule has 3 nitrogen and oxygen atoms in total. The summed E-state index contributed by atoms with van der Waals surface area (Å²) >= 11 is 5.64. The minimum absolute atomic E-state index is 0.347. The van der Waals surface area contributed by atoms with Gasteiger partial charge in [0.25, 0.3) is 0 Å². The van der Waals surface area contributed by atoms with E-state index in [0.717, 1.165) is 10.0 Å². The lowest BCUT2D eigenvalue weighted by Crippen LogP contribution is -2.09. The van der Waals surface area contributed by atoms with E-state index in [2.05, 4.69) is 64.5 Å². The van der Waals surface area contributed by atoms with Gasteiger partial charge in [0.2, 0.25) is 0 Å². The molecule has 5 aromatic rings. The van der Waals surface area contributed by atoms with Gasteiger partial charge in [-0.2, -0.15) is 0 Å². The summed E-state index contributed by atoms with van der Waals surface area (Å²) < 4.78 is 8.90. The van der Waals surface area contributed by atoms with Crippen LogP contribution in [0.2, 0.25) is 0 Å². The third kappa shape index (κ3) is 3.07. The molecule has 0 amide bonds. The molecule has 142 valence electrons. The molecule has 0 saturated carbocycles. The Bertz CT molecular complexity index is 1390. The van der Waals surface area contributed by atoms with Gasteiger partial charge in [0.1, 0.15) is 5.75 Å². The van der Waals surface area contributed by atoms with Gasteiger partial charge in [-0.05, 0) is 56.0 Å². The molecule has 0 aliphatic heterocycles. The van der Waals surface area contributed by atoms with E-state index in [1.54, 1.807) is 11.3 Å². The van der Waals surface area contributed by atoms with Crippen molar-refractivity contribution in [1.82, 2.24) is 0 Å². The van der Waals surface area contributed by atoms with Gasteiger partial charge in [0.15, 0.2) is 6.61 Å². The van der Waals surface area contributed by atoms with Gasteiger partial charge in [-0.1, -0.05) is 54.6 Å².